The molecule has 2 heterocycles. The van der Waals surface area contributed by atoms with Crippen molar-refractivity contribution in [2.24, 2.45) is 0 Å². The van der Waals surface area contributed by atoms with E-state index in [-0.39, 0.29) is 11.8 Å². The first-order valence-corrected chi connectivity index (χ1v) is 8.21. The topological polar surface area (TPSA) is 65.2 Å². The maximum absolute atomic E-state index is 12.8. The highest BCUT2D eigenvalue weighted by Gasteiger charge is 2.35. The number of nitrogens with zero attached hydrogens (tertiary/aromatic N) is 1. The van der Waals surface area contributed by atoms with E-state index in [4.69, 9.17) is 0 Å². The van der Waals surface area contributed by atoms with Crippen LogP contribution in [-0.2, 0) is 4.79 Å². The molecule has 1 saturated heterocycles. The molecule has 3 rings (SSSR count). The summed E-state index contributed by atoms with van der Waals surface area (Å²) in [6.07, 6.45) is 3.35. The van der Waals surface area contributed by atoms with E-state index in [1.807, 2.05) is 24.3 Å². The minimum absolute atomic E-state index is 0.110. The number of aromatic nitrogens is 1. The van der Waals surface area contributed by atoms with E-state index in [1.54, 1.807) is 28.9 Å². The zero-order chi connectivity index (χ0) is 15.5. The van der Waals surface area contributed by atoms with Gasteiger partial charge in [-0.15, -0.1) is 18.3 Å². The summed E-state index contributed by atoms with van der Waals surface area (Å²) in [4.78, 5) is 29.7. The molecule has 1 aromatic carbocycles. The predicted molar refractivity (Wildman–Crippen MR) is 88.8 cm³/mol. The third kappa shape index (κ3) is 2.62. The lowest BCUT2D eigenvalue weighted by molar-refractivity contribution is -0.124. The summed E-state index contributed by atoms with van der Waals surface area (Å²) >= 11 is 1.59. The van der Waals surface area contributed by atoms with Crippen LogP contribution in [0.3, 0.4) is 0 Å². The highest BCUT2D eigenvalue weighted by molar-refractivity contribution is 7.99. The van der Waals surface area contributed by atoms with Gasteiger partial charge in [0.15, 0.2) is 0 Å². The molecule has 1 atom stereocenters. The third-order valence-electron chi connectivity index (χ3n) is 3.69. The number of hydrogen-bond acceptors (Lipinski definition) is 3. The Morgan fingerprint density at radius 3 is 3.09 bits per heavy atom. The van der Waals surface area contributed by atoms with Gasteiger partial charge in [-0.25, -0.2) is 0 Å². The summed E-state index contributed by atoms with van der Waals surface area (Å²) in [5, 5.41) is 3.65. The lowest BCUT2D eigenvalue weighted by Gasteiger charge is -2.22. The summed E-state index contributed by atoms with van der Waals surface area (Å²) < 4.78 is 0. The minimum Gasteiger partial charge on any atom is -0.360 e. The van der Waals surface area contributed by atoms with Crippen LogP contribution in [0.2, 0.25) is 0 Å². The van der Waals surface area contributed by atoms with Gasteiger partial charge in [-0.1, -0.05) is 24.3 Å². The Kier molecular flexibility index (Phi) is 4.20. The minimum atomic E-state index is -0.425. The van der Waals surface area contributed by atoms with Crippen LogP contribution in [-0.4, -0.2) is 45.9 Å². The average molecular weight is 315 g/mol. The van der Waals surface area contributed by atoms with Crippen LogP contribution in [0.15, 0.2) is 43.1 Å². The average Bonchev–Trinajstić information content (AvgIpc) is 3.18. The molecule has 5 nitrogen and oxygen atoms in total. The number of carbonyl (C=O) groups excluding carboxylic acids is 2. The van der Waals surface area contributed by atoms with Gasteiger partial charge in [0.2, 0.25) is 5.91 Å². The largest absolute Gasteiger partial charge is 0.360 e. The number of thioether (sulfide) groups is 1. The van der Waals surface area contributed by atoms with E-state index in [9.17, 15) is 9.59 Å². The van der Waals surface area contributed by atoms with Gasteiger partial charge < -0.3 is 15.2 Å². The van der Waals surface area contributed by atoms with Gasteiger partial charge in [0.05, 0.1) is 11.4 Å². The van der Waals surface area contributed by atoms with Crippen molar-refractivity contribution in [1.29, 1.82) is 0 Å². The Hall–Kier alpha value is -2.21. The first-order chi connectivity index (χ1) is 10.7. The fourth-order valence-corrected chi connectivity index (χ4v) is 3.71. The van der Waals surface area contributed by atoms with E-state index >= 15 is 0 Å². The summed E-state index contributed by atoms with van der Waals surface area (Å²) in [6.45, 7) is 4.00. The number of benzene rings is 1. The first kappa shape index (κ1) is 14.7. The molecule has 1 aliphatic rings. The predicted octanol–water partition coefficient (Wildman–Crippen LogP) is 1.99. The Labute approximate surface area is 132 Å². The molecule has 1 unspecified atom stereocenters. The third-order valence-corrected chi connectivity index (χ3v) is 4.70. The van der Waals surface area contributed by atoms with E-state index in [2.05, 4.69) is 16.9 Å². The number of rotatable bonds is 4. The normalized spacial score (nSPS) is 17.6. The smallest absolute Gasteiger partial charge is 0.257 e. The van der Waals surface area contributed by atoms with Crippen molar-refractivity contribution in [3.63, 3.8) is 0 Å². The summed E-state index contributed by atoms with van der Waals surface area (Å²) in [7, 11) is 0. The Morgan fingerprint density at radius 2 is 2.27 bits per heavy atom. The summed E-state index contributed by atoms with van der Waals surface area (Å²) in [5.74, 6) is 0.918. The van der Waals surface area contributed by atoms with E-state index < -0.39 is 6.04 Å². The summed E-state index contributed by atoms with van der Waals surface area (Å²) in [5.41, 5.74) is 1.53. The number of nitrogens with one attached hydrogen (secondary N) is 2. The molecule has 22 heavy (non-hydrogen) atoms. The zero-order valence-electron chi connectivity index (χ0n) is 12.0. The number of para-hydroxylation sites is 1. The molecular formula is C16H17N3O2S. The van der Waals surface area contributed by atoms with Crippen LogP contribution in [0.4, 0.5) is 0 Å². The van der Waals surface area contributed by atoms with Crippen molar-refractivity contribution in [3.8, 4) is 0 Å². The number of amides is 2. The van der Waals surface area contributed by atoms with Crippen molar-refractivity contribution >= 4 is 34.5 Å². The molecule has 1 aromatic heterocycles. The van der Waals surface area contributed by atoms with Crippen molar-refractivity contribution in [2.45, 2.75) is 6.04 Å². The molecular weight excluding hydrogens is 298 g/mol. The second-order valence-electron chi connectivity index (χ2n) is 5.07. The van der Waals surface area contributed by atoms with E-state index in [1.165, 1.54) is 0 Å². The van der Waals surface area contributed by atoms with Gasteiger partial charge in [0.1, 0.15) is 6.04 Å². The van der Waals surface area contributed by atoms with Crippen molar-refractivity contribution in [2.75, 3.05) is 18.2 Å². The second kappa shape index (κ2) is 6.27. The van der Waals surface area contributed by atoms with E-state index in [0.29, 0.717) is 23.7 Å². The fraction of sp³-hybridized carbons (Fsp3) is 0.250. The number of aromatic amines is 1. The molecule has 6 heteroatoms. The Bertz CT molecular complexity index is 725. The molecule has 1 aliphatic heterocycles. The van der Waals surface area contributed by atoms with Crippen molar-refractivity contribution in [1.82, 2.24) is 15.2 Å². The molecule has 0 bridgehead atoms. The van der Waals surface area contributed by atoms with Crippen LogP contribution >= 0.6 is 11.8 Å². The van der Waals surface area contributed by atoms with Crippen LogP contribution in [0, 0.1) is 0 Å². The van der Waals surface area contributed by atoms with Gasteiger partial charge in [-0.05, 0) is 6.07 Å². The SMILES string of the molecule is C=CCNC(=O)C1CSCN1C(=O)c1c[nH]c2ccccc12. The van der Waals surface area contributed by atoms with Crippen LogP contribution in [0.1, 0.15) is 10.4 Å². The van der Waals surface area contributed by atoms with Crippen LogP contribution in [0.25, 0.3) is 10.9 Å². The molecule has 114 valence electrons. The number of carbonyl (C=O) groups is 2. The van der Waals surface area contributed by atoms with Gasteiger partial charge in [-0.3, -0.25) is 9.59 Å². The van der Waals surface area contributed by atoms with Crippen molar-refractivity contribution in [3.05, 3.63) is 48.7 Å². The molecule has 0 spiro atoms. The quantitative estimate of drug-likeness (QED) is 0.848. The fourth-order valence-electron chi connectivity index (χ4n) is 2.55. The Morgan fingerprint density at radius 1 is 1.45 bits per heavy atom. The highest BCUT2D eigenvalue weighted by atomic mass is 32.2. The summed E-state index contributed by atoms with van der Waals surface area (Å²) in [6, 6.07) is 7.24. The monoisotopic (exact) mass is 315 g/mol. The zero-order valence-corrected chi connectivity index (χ0v) is 12.9. The molecule has 0 radical (unpaired) electrons. The van der Waals surface area contributed by atoms with Crippen LogP contribution < -0.4 is 5.32 Å². The maximum Gasteiger partial charge on any atom is 0.257 e. The second-order valence-corrected chi connectivity index (χ2v) is 6.07. The Balaban J connectivity index is 1.84. The maximum atomic E-state index is 12.8. The standard InChI is InChI=1S/C16H17N3O2S/c1-2-7-17-15(20)14-9-22-10-19(14)16(21)12-8-18-13-6-4-3-5-11(12)13/h2-6,8,14,18H,1,7,9-10H2,(H,17,20). The number of hydrogen-bond donors (Lipinski definition) is 2. The number of fused-ring (bicyclic) bond motifs is 1. The van der Waals surface area contributed by atoms with Gasteiger partial charge in [0, 0.05) is 29.4 Å². The molecule has 0 saturated carbocycles. The van der Waals surface area contributed by atoms with Crippen molar-refractivity contribution < 1.29 is 9.59 Å². The van der Waals surface area contributed by atoms with E-state index in [0.717, 1.165) is 10.9 Å². The lowest BCUT2D eigenvalue weighted by atomic mass is 10.1. The lowest BCUT2D eigenvalue weighted by Crippen LogP contribution is -2.47. The molecule has 2 amide bonds. The van der Waals surface area contributed by atoms with Gasteiger partial charge in [0.25, 0.3) is 5.91 Å². The first-order valence-electron chi connectivity index (χ1n) is 7.06. The number of H-pyrrole nitrogens is 1. The van der Waals surface area contributed by atoms with Crippen LogP contribution in [0.5, 0.6) is 0 Å². The molecule has 2 N–H and O–H groups in total. The molecule has 1 fully saturated rings. The highest BCUT2D eigenvalue weighted by Crippen LogP contribution is 2.26. The molecule has 2 aromatic rings. The van der Waals surface area contributed by atoms with Gasteiger partial charge in [-0.2, -0.15) is 0 Å². The molecule has 0 aliphatic carbocycles. The van der Waals surface area contributed by atoms with Gasteiger partial charge >= 0.3 is 0 Å².